The van der Waals surface area contributed by atoms with Crippen molar-refractivity contribution >= 4 is 35.6 Å². The number of rotatable bonds is 5. The zero-order valence-corrected chi connectivity index (χ0v) is 18.4. The smallest absolute Gasteiger partial charge is 0.118 e. The van der Waals surface area contributed by atoms with Crippen molar-refractivity contribution in [1.29, 1.82) is 0 Å². The minimum atomic E-state index is -1.91. The lowest BCUT2D eigenvalue weighted by atomic mass is 10.3. The van der Waals surface area contributed by atoms with E-state index in [2.05, 4.69) is 96.0 Å². The van der Waals surface area contributed by atoms with E-state index in [9.17, 15) is 0 Å². The Morgan fingerprint density at radius 1 is 0.621 bits per heavy atom. The van der Waals surface area contributed by atoms with Gasteiger partial charge >= 0.3 is 0 Å². The molecule has 1 aromatic heterocycles. The number of hydrogen-bond acceptors (Lipinski definition) is 2. The van der Waals surface area contributed by atoms with Gasteiger partial charge in [0.25, 0.3) is 0 Å². The highest BCUT2D eigenvalue weighted by Gasteiger charge is 2.45. The normalized spacial score (nSPS) is 11.0. The molecule has 0 spiro atoms. The third kappa shape index (κ3) is 4.24. The van der Waals surface area contributed by atoms with E-state index in [1.807, 2.05) is 20.0 Å². The van der Waals surface area contributed by atoms with Gasteiger partial charge < -0.3 is 0 Å². The molecule has 0 fully saturated rings. The molecule has 0 aliphatic rings. The van der Waals surface area contributed by atoms with E-state index in [1.165, 1.54) is 15.9 Å². The van der Waals surface area contributed by atoms with Crippen LogP contribution in [0, 0.1) is 13.8 Å². The van der Waals surface area contributed by atoms with E-state index >= 15 is 0 Å². The molecule has 0 unspecified atom stereocenters. The van der Waals surface area contributed by atoms with Crippen LogP contribution in [0.2, 0.25) is 0 Å². The fourth-order valence-electron chi connectivity index (χ4n) is 3.68. The molecule has 0 aliphatic heterocycles. The summed E-state index contributed by atoms with van der Waals surface area (Å²) in [5.41, 5.74) is 3.05. The maximum absolute atomic E-state index is 4.90. The van der Waals surface area contributed by atoms with Gasteiger partial charge in [0.05, 0.1) is 23.3 Å². The lowest BCUT2D eigenvalue weighted by molar-refractivity contribution is 0.991. The lowest BCUT2D eigenvalue weighted by Crippen LogP contribution is -2.32. The molecule has 0 atom stereocenters. The van der Waals surface area contributed by atoms with E-state index in [4.69, 9.17) is 4.98 Å². The van der Waals surface area contributed by atoms with E-state index < -0.39 is 7.26 Å². The molecule has 0 N–H and O–H groups in total. The standard InChI is InChI=1S/C25H24N2P.ClH/c1-20-21(2)27-22(18-26-20)19-28(23-12-6-3-7-13-23,24-14-8-4-9-15-24)25-16-10-5-11-17-25;/h3-18H,19H2,1-2H3;1H/q+1;. The van der Waals surface area contributed by atoms with Crippen LogP contribution < -0.4 is 15.9 Å². The molecule has 2 nitrogen and oxygen atoms in total. The van der Waals surface area contributed by atoms with Gasteiger partial charge in [-0.25, -0.2) is 0 Å². The van der Waals surface area contributed by atoms with Crippen LogP contribution in [0.4, 0.5) is 0 Å². The van der Waals surface area contributed by atoms with Gasteiger partial charge in [-0.2, -0.15) is 0 Å². The van der Waals surface area contributed by atoms with Gasteiger partial charge in [0.2, 0.25) is 0 Å². The molecule has 0 saturated heterocycles. The van der Waals surface area contributed by atoms with Crippen LogP contribution in [-0.2, 0) is 6.16 Å². The highest BCUT2D eigenvalue weighted by Crippen LogP contribution is 2.57. The van der Waals surface area contributed by atoms with E-state index in [-0.39, 0.29) is 12.4 Å². The first-order valence-electron chi connectivity index (χ1n) is 9.54. The molecule has 0 amide bonds. The number of aryl methyl sites for hydroxylation is 2. The van der Waals surface area contributed by atoms with Crippen LogP contribution in [-0.4, -0.2) is 9.97 Å². The second-order valence-corrected chi connectivity index (χ2v) is 10.5. The topological polar surface area (TPSA) is 25.8 Å². The highest BCUT2D eigenvalue weighted by atomic mass is 35.5. The van der Waals surface area contributed by atoms with Crippen molar-refractivity contribution in [2.24, 2.45) is 0 Å². The molecule has 29 heavy (non-hydrogen) atoms. The molecule has 146 valence electrons. The molecule has 1 heterocycles. The van der Waals surface area contributed by atoms with Crippen molar-refractivity contribution < 1.29 is 0 Å². The third-order valence-corrected chi connectivity index (χ3v) is 9.57. The van der Waals surface area contributed by atoms with Crippen molar-refractivity contribution in [2.45, 2.75) is 20.0 Å². The largest absolute Gasteiger partial charge is 0.258 e. The van der Waals surface area contributed by atoms with Gasteiger partial charge in [0.15, 0.2) is 0 Å². The zero-order valence-electron chi connectivity index (χ0n) is 16.7. The van der Waals surface area contributed by atoms with Gasteiger partial charge in [-0.15, -0.1) is 12.4 Å². The molecule has 0 radical (unpaired) electrons. The van der Waals surface area contributed by atoms with Gasteiger partial charge in [0.1, 0.15) is 29.3 Å². The fraction of sp³-hybridized carbons (Fsp3) is 0.120. The molecule has 0 bridgehead atoms. The van der Waals surface area contributed by atoms with Crippen LogP contribution >= 0.6 is 19.7 Å². The Balaban J connectivity index is 0.00000240. The van der Waals surface area contributed by atoms with Crippen molar-refractivity contribution in [2.75, 3.05) is 0 Å². The molecule has 0 saturated carbocycles. The number of hydrogen-bond donors (Lipinski definition) is 0. The number of halogens is 1. The summed E-state index contributed by atoms with van der Waals surface area (Å²) in [7, 11) is -1.91. The predicted molar refractivity (Wildman–Crippen MR) is 128 cm³/mol. The van der Waals surface area contributed by atoms with Gasteiger partial charge in [-0.1, -0.05) is 54.6 Å². The van der Waals surface area contributed by atoms with Crippen LogP contribution in [0.15, 0.2) is 97.2 Å². The first-order valence-corrected chi connectivity index (χ1v) is 11.5. The van der Waals surface area contributed by atoms with E-state index in [1.54, 1.807) is 0 Å². The van der Waals surface area contributed by atoms with E-state index in [0.29, 0.717) is 0 Å². The summed E-state index contributed by atoms with van der Waals surface area (Å²) in [6, 6.07) is 32.7. The molecule has 0 aliphatic carbocycles. The van der Waals surface area contributed by atoms with Crippen LogP contribution in [0.3, 0.4) is 0 Å². The van der Waals surface area contributed by atoms with Crippen molar-refractivity contribution in [1.82, 2.24) is 9.97 Å². The maximum atomic E-state index is 4.90. The summed E-state index contributed by atoms with van der Waals surface area (Å²) in [5, 5.41) is 4.10. The Kier molecular flexibility index (Phi) is 6.79. The Morgan fingerprint density at radius 2 is 1.03 bits per heavy atom. The molecule has 3 aromatic carbocycles. The zero-order chi connectivity index (χ0) is 19.4. The van der Waals surface area contributed by atoms with Crippen molar-refractivity contribution in [3.63, 3.8) is 0 Å². The highest BCUT2D eigenvalue weighted by molar-refractivity contribution is 7.95. The average Bonchev–Trinajstić information content (AvgIpc) is 2.76. The van der Waals surface area contributed by atoms with Crippen LogP contribution in [0.1, 0.15) is 17.1 Å². The number of aromatic nitrogens is 2. The number of benzene rings is 3. The average molecular weight is 420 g/mol. The SMILES string of the molecule is Cc1ncc(C[P+](c2ccccc2)(c2ccccc2)c2ccccc2)nc1C.Cl. The summed E-state index contributed by atoms with van der Waals surface area (Å²) < 4.78 is 0. The Labute approximate surface area is 179 Å². The molecule has 4 rings (SSSR count). The summed E-state index contributed by atoms with van der Waals surface area (Å²) in [6.07, 6.45) is 2.81. The van der Waals surface area contributed by atoms with Crippen LogP contribution in [0.25, 0.3) is 0 Å². The molecular weight excluding hydrogens is 395 g/mol. The predicted octanol–water partition coefficient (Wildman–Crippen LogP) is 5.01. The van der Waals surface area contributed by atoms with Gasteiger partial charge in [0, 0.05) is 0 Å². The van der Waals surface area contributed by atoms with Gasteiger partial charge in [-0.05, 0) is 50.2 Å². The monoisotopic (exact) mass is 419 g/mol. The Bertz CT molecular complexity index is 957. The maximum Gasteiger partial charge on any atom is 0.118 e. The minimum Gasteiger partial charge on any atom is -0.258 e. The van der Waals surface area contributed by atoms with Crippen molar-refractivity contribution in [3.8, 4) is 0 Å². The summed E-state index contributed by atoms with van der Waals surface area (Å²) in [6.45, 7) is 4.06. The second kappa shape index (κ2) is 9.31. The van der Waals surface area contributed by atoms with Gasteiger partial charge in [-0.3, -0.25) is 9.97 Å². The molecular formula is C25H25ClN2P+. The lowest BCUT2D eigenvalue weighted by Gasteiger charge is -2.27. The first kappa shape index (κ1) is 21.2. The molecule has 4 aromatic rings. The second-order valence-electron chi connectivity index (χ2n) is 7.01. The third-order valence-electron chi connectivity index (χ3n) is 5.23. The quantitative estimate of drug-likeness (QED) is 0.425. The summed E-state index contributed by atoms with van der Waals surface area (Å²) in [5.74, 6) is 0. The van der Waals surface area contributed by atoms with Crippen molar-refractivity contribution in [3.05, 3.63) is 114 Å². The minimum absolute atomic E-state index is 0. The number of nitrogens with zero attached hydrogens (tertiary/aromatic N) is 2. The Hall–Kier alpha value is -2.54. The van der Waals surface area contributed by atoms with E-state index in [0.717, 1.165) is 23.2 Å². The first-order chi connectivity index (χ1) is 13.7. The molecule has 4 heteroatoms. The van der Waals surface area contributed by atoms with Crippen LogP contribution in [0.5, 0.6) is 0 Å². The summed E-state index contributed by atoms with van der Waals surface area (Å²) >= 11 is 0. The fourth-order valence-corrected chi connectivity index (χ4v) is 7.80. The summed E-state index contributed by atoms with van der Waals surface area (Å²) in [4.78, 5) is 9.50. The Morgan fingerprint density at radius 3 is 1.41 bits per heavy atom.